The van der Waals surface area contributed by atoms with Crippen LogP contribution in [0.1, 0.15) is 25.3 Å². The topological polar surface area (TPSA) is 26.0 Å². The normalized spacial score (nSPS) is 10.3. The van der Waals surface area contributed by atoms with Gasteiger partial charge in [0.1, 0.15) is 0 Å². The molecule has 0 bridgehead atoms. The molecule has 0 fully saturated rings. The summed E-state index contributed by atoms with van der Waals surface area (Å²) in [6, 6.07) is 6.13. The van der Waals surface area contributed by atoms with Crippen LogP contribution in [-0.2, 0) is 0 Å². The molecule has 0 atom stereocenters. The standard InChI is InChI=1S/C11H17NS/c1-3-4-7-13-11-6-5-10(12)8-9(11)2/h5-6,8H,3-4,7,12H2,1-2H3. The van der Waals surface area contributed by atoms with Crippen LogP contribution in [0.3, 0.4) is 0 Å². The second kappa shape index (κ2) is 5.18. The van der Waals surface area contributed by atoms with Crippen LogP contribution in [0.5, 0.6) is 0 Å². The fraction of sp³-hybridized carbons (Fsp3) is 0.455. The van der Waals surface area contributed by atoms with Crippen LogP contribution < -0.4 is 5.73 Å². The minimum atomic E-state index is 0.859. The lowest BCUT2D eigenvalue weighted by molar-refractivity contribution is 0.896. The maximum Gasteiger partial charge on any atom is 0.0317 e. The van der Waals surface area contributed by atoms with E-state index < -0.39 is 0 Å². The van der Waals surface area contributed by atoms with Crippen LogP contribution in [0.2, 0.25) is 0 Å². The van der Waals surface area contributed by atoms with Crippen molar-refractivity contribution < 1.29 is 0 Å². The SMILES string of the molecule is CCCCSc1ccc(N)cc1C. The number of thioether (sulfide) groups is 1. The molecule has 0 aromatic heterocycles. The van der Waals surface area contributed by atoms with Crippen LogP contribution in [0.4, 0.5) is 5.69 Å². The third kappa shape index (κ3) is 3.31. The smallest absolute Gasteiger partial charge is 0.0317 e. The number of benzene rings is 1. The number of nitrogen functional groups attached to an aromatic ring is 1. The van der Waals surface area contributed by atoms with E-state index in [9.17, 15) is 0 Å². The third-order valence-electron chi connectivity index (χ3n) is 1.95. The van der Waals surface area contributed by atoms with E-state index in [-0.39, 0.29) is 0 Å². The van der Waals surface area contributed by atoms with Gasteiger partial charge in [-0.2, -0.15) is 0 Å². The van der Waals surface area contributed by atoms with Gasteiger partial charge in [0.2, 0.25) is 0 Å². The maximum absolute atomic E-state index is 5.67. The van der Waals surface area contributed by atoms with E-state index in [4.69, 9.17) is 5.73 Å². The zero-order valence-electron chi connectivity index (χ0n) is 8.34. The van der Waals surface area contributed by atoms with E-state index in [2.05, 4.69) is 19.9 Å². The van der Waals surface area contributed by atoms with Crippen molar-refractivity contribution in [1.29, 1.82) is 0 Å². The van der Waals surface area contributed by atoms with Crippen LogP contribution >= 0.6 is 11.8 Å². The van der Waals surface area contributed by atoms with Gasteiger partial charge in [0, 0.05) is 10.6 Å². The lowest BCUT2D eigenvalue weighted by Gasteiger charge is -2.05. The first-order valence-corrected chi connectivity index (χ1v) is 5.71. The second-order valence-electron chi connectivity index (χ2n) is 3.23. The Morgan fingerprint density at radius 1 is 1.38 bits per heavy atom. The molecule has 1 rings (SSSR count). The van der Waals surface area contributed by atoms with Gasteiger partial charge in [-0.15, -0.1) is 11.8 Å². The van der Waals surface area contributed by atoms with Gasteiger partial charge in [-0.3, -0.25) is 0 Å². The van der Waals surface area contributed by atoms with Crippen molar-refractivity contribution >= 4 is 17.4 Å². The largest absolute Gasteiger partial charge is 0.399 e. The molecule has 2 N–H and O–H groups in total. The lowest BCUT2D eigenvalue weighted by Crippen LogP contribution is -1.87. The number of hydrogen-bond acceptors (Lipinski definition) is 2. The van der Waals surface area contributed by atoms with Gasteiger partial charge in [-0.1, -0.05) is 13.3 Å². The molecule has 0 spiro atoms. The van der Waals surface area contributed by atoms with E-state index in [0.717, 1.165) is 5.69 Å². The predicted octanol–water partition coefficient (Wildman–Crippen LogP) is 3.47. The molecule has 0 saturated carbocycles. The van der Waals surface area contributed by atoms with E-state index >= 15 is 0 Å². The number of aryl methyl sites for hydroxylation is 1. The average molecular weight is 195 g/mol. The highest BCUT2D eigenvalue weighted by atomic mass is 32.2. The number of nitrogens with two attached hydrogens (primary N) is 1. The number of hydrogen-bond donors (Lipinski definition) is 1. The van der Waals surface area contributed by atoms with E-state index in [0.29, 0.717) is 0 Å². The Morgan fingerprint density at radius 3 is 2.77 bits per heavy atom. The molecule has 1 aromatic carbocycles. The van der Waals surface area contributed by atoms with E-state index in [1.54, 1.807) is 0 Å². The lowest BCUT2D eigenvalue weighted by atomic mass is 10.2. The predicted molar refractivity (Wildman–Crippen MR) is 61.2 cm³/mol. The number of unbranched alkanes of at least 4 members (excludes halogenated alkanes) is 1. The number of rotatable bonds is 4. The second-order valence-corrected chi connectivity index (χ2v) is 4.36. The molecule has 0 aliphatic carbocycles. The summed E-state index contributed by atoms with van der Waals surface area (Å²) in [5.41, 5.74) is 7.82. The first-order valence-electron chi connectivity index (χ1n) is 4.73. The summed E-state index contributed by atoms with van der Waals surface area (Å²) in [4.78, 5) is 1.36. The fourth-order valence-corrected chi connectivity index (χ4v) is 2.26. The van der Waals surface area contributed by atoms with Gasteiger partial charge in [-0.05, 0) is 42.9 Å². The molecule has 0 amide bonds. The van der Waals surface area contributed by atoms with Gasteiger partial charge in [0.05, 0.1) is 0 Å². The van der Waals surface area contributed by atoms with Crippen molar-refractivity contribution in [2.24, 2.45) is 0 Å². The average Bonchev–Trinajstić information content (AvgIpc) is 2.09. The Morgan fingerprint density at radius 2 is 2.15 bits per heavy atom. The maximum atomic E-state index is 5.67. The molecule has 0 aliphatic heterocycles. The Bertz CT molecular complexity index is 271. The molecule has 2 heteroatoms. The van der Waals surface area contributed by atoms with Gasteiger partial charge in [0.15, 0.2) is 0 Å². The van der Waals surface area contributed by atoms with E-state index in [1.165, 1.54) is 29.1 Å². The van der Waals surface area contributed by atoms with Crippen molar-refractivity contribution in [1.82, 2.24) is 0 Å². The Hall–Kier alpha value is -0.630. The molecule has 72 valence electrons. The van der Waals surface area contributed by atoms with Crippen LogP contribution in [0.15, 0.2) is 23.1 Å². The van der Waals surface area contributed by atoms with Crippen LogP contribution in [0, 0.1) is 6.92 Å². The van der Waals surface area contributed by atoms with Crippen molar-refractivity contribution in [3.63, 3.8) is 0 Å². The Labute approximate surface area is 84.7 Å². The summed E-state index contributed by atoms with van der Waals surface area (Å²) < 4.78 is 0. The van der Waals surface area contributed by atoms with Crippen molar-refractivity contribution in [3.05, 3.63) is 23.8 Å². The van der Waals surface area contributed by atoms with Gasteiger partial charge >= 0.3 is 0 Å². The highest BCUT2D eigenvalue weighted by Gasteiger charge is 1.98. The summed E-state index contributed by atoms with van der Waals surface area (Å²) in [5, 5.41) is 0. The molecular weight excluding hydrogens is 178 g/mol. The highest BCUT2D eigenvalue weighted by molar-refractivity contribution is 7.99. The van der Waals surface area contributed by atoms with Crippen molar-refractivity contribution in [3.8, 4) is 0 Å². The summed E-state index contributed by atoms with van der Waals surface area (Å²) >= 11 is 1.92. The molecule has 0 aliphatic rings. The van der Waals surface area contributed by atoms with Gasteiger partial charge in [-0.25, -0.2) is 0 Å². The molecule has 0 radical (unpaired) electrons. The zero-order valence-corrected chi connectivity index (χ0v) is 9.16. The van der Waals surface area contributed by atoms with Gasteiger partial charge < -0.3 is 5.73 Å². The van der Waals surface area contributed by atoms with E-state index in [1.807, 2.05) is 23.9 Å². The fourth-order valence-electron chi connectivity index (χ4n) is 1.16. The summed E-state index contributed by atoms with van der Waals surface area (Å²) in [6.45, 7) is 4.33. The minimum Gasteiger partial charge on any atom is -0.399 e. The first-order chi connectivity index (χ1) is 6.24. The van der Waals surface area contributed by atoms with Gasteiger partial charge in [0.25, 0.3) is 0 Å². The molecule has 0 unspecified atom stereocenters. The highest BCUT2D eigenvalue weighted by Crippen LogP contribution is 2.24. The number of anilines is 1. The molecular formula is C11H17NS. The first kappa shape index (κ1) is 10.5. The minimum absolute atomic E-state index is 0.859. The summed E-state index contributed by atoms with van der Waals surface area (Å²) in [6.07, 6.45) is 2.55. The summed E-state index contributed by atoms with van der Waals surface area (Å²) in [5.74, 6) is 1.21. The Balaban J connectivity index is 2.56. The zero-order chi connectivity index (χ0) is 9.68. The molecule has 1 nitrogen and oxygen atoms in total. The molecule has 1 aromatic rings. The quantitative estimate of drug-likeness (QED) is 0.452. The monoisotopic (exact) mass is 195 g/mol. The van der Waals surface area contributed by atoms with Crippen LogP contribution in [-0.4, -0.2) is 5.75 Å². The molecule has 0 heterocycles. The third-order valence-corrected chi connectivity index (χ3v) is 3.22. The summed E-state index contributed by atoms with van der Waals surface area (Å²) in [7, 11) is 0. The van der Waals surface area contributed by atoms with Crippen molar-refractivity contribution in [2.45, 2.75) is 31.6 Å². The van der Waals surface area contributed by atoms with Crippen molar-refractivity contribution in [2.75, 3.05) is 11.5 Å². The molecule has 0 saturated heterocycles. The Kier molecular flexibility index (Phi) is 4.16. The van der Waals surface area contributed by atoms with Crippen LogP contribution in [0.25, 0.3) is 0 Å². The molecule has 13 heavy (non-hydrogen) atoms.